The van der Waals surface area contributed by atoms with Gasteiger partial charge >= 0.3 is 0 Å². The average molecular weight is 297 g/mol. The molecule has 1 aromatic rings. The van der Waals surface area contributed by atoms with Crippen LogP contribution in [0.5, 0.6) is 0 Å². The number of nitrogen functional groups attached to an aromatic ring is 1. The van der Waals surface area contributed by atoms with Crippen LogP contribution in [0.15, 0.2) is 12.1 Å². The van der Waals surface area contributed by atoms with Crippen molar-refractivity contribution in [3.63, 3.8) is 0 Å². The van der Waals surface area contributed by atoms with Crippen LogP contribution in [0.1, 0.15) is 23.2 Å². The van der Waals surface area contributed by atoms with Gasteiger partial charge in [0.1, 0.15) is 17.1 Å². The van der Waals surface area contributed by atoms with Crippen molar-refractivity contribution >= 4 is 17.3 Å². The van der Waals surface area contributed by atoms with Crippen LogP contribution in [0.2, 0.25) is 0 Å². The van der Waals surface area contributed by atoms with Crippen LogP contribution in [-0.2, 0) is 4.74 Å². The molecule has 8 heteroatoms. The third kappa shape index (κ3) is 3.46. The molecule has 7 nitrogen and oxygen atoms in total. The van der Waals surface area contributed by atoms with E-state index in [9.17, 15) is 19.3 Å². The number of hydrogen-bond acceptors (Lipinski definition) is 5. The molecule has 1 heterocycles. The van der Waals surface area contributed by atoms with E-state index in [1.807, 2.05) is 0 Å². The number of hydrogen-bond donors (Lipinski definition) is 2. The van der Waals surface area contributed by atoms with Crippen molar-refractivity contribution in [1.29, 1.82) is 0 Å². The molecule has 1 aliphatic heterocycles. The van der Waals surface area contributed by atoms with E-state index in [0.29, 0.717) is 19.8 Å². The summed E-state index contributed by atoms with van der Waals surface area (Å²) in [4.78, 5) is 22.0. The lowest BCUT2D eigenvalue weighted by Crippen LogP contribution is -2.34. The molecule has 21 heavy (non-hydrogen) atoms. The van der Waals surface area contributed by atoms with Crippen LogP contribution < -0.4 is 11.1 Å². The quantitative estimate of drug-likeness (QED) is 0.497. The Kier molecular flexibility index (Phi) is 4.69. The van der Waals surface area contributed by atoms with E-state index in [2.05, 4.69) is 5.32 Å². The van der Waals surface area contributed by atoms with Crippen molar-refractivity contribution < 1.29 is 18.8 Å². The Balaban J connectivity index is 2.11. The minimum Gasteiger partial charge on any atom is -0.392 e. The van der Waals surface area contributed by atoms with E-state index < -0.39 is 33.6 Å². The number of carbonyl (C=O) groups excluding carboxylic acids is 1. The van der Waals surface area contributed by atoms with Gasteiger partial charge in [0.2, 0.25) is 0 Å². The second-order valence-electron chi connectivity index (χ2n) is 4.91. The predicted molar refractivity (Wildman–Crippen MR) is 73.3 cm³/mol. The zero-order valence-corrected chi connectivity index (χ0v) is 11.3. The summed E-state index contributed by atoms with van der Waals surface area (Å²) in [6, 6.07) is 1.81. The number of ether oxygens (including phenoxy) is 1. The summed E-state index contributed by atoms with van der Waals surface area (Å²) in [7, 11) is 0. The number of nitrogens with zero attached hydrogens (tertiary/aromatic N) is 1. The number of amides is 1. The maximum Gasteiger partial charge on any atom is 0.293 e. The fourth-order valence-corrected chi connectivity index (χ4v) is 2.27. The first-order valence-corrected chi connectivity index (χ1v) is 6.59. The van der Waals surface area contributed by atoms with Gasteiger partial charge in [0.25, 0.3) is 11.6 Å². The van der Waals surface area contributed by atoms with Gasteiger partial charge in [0.05, 0.1) is 11.5 Å². The first-order valence-electron chi connectivity index (χ1n) is 6.59. The molecule has 1 saturated heterocycles. The number of halogens is 1. The highest BCUT2D eigenvalue weighted by Crippen LogP contribution is 2.27. The lowest BCUT2D eigenvalue weighted by molar-refractivity contribution is -0.384. The Hall–Kier alpha value is -2.22. The standard InChI is InChI=1S/C13H16FN3O4/c14-9-3-4-10(17(19)20)12(15)11(9)13(18)16-6-8-2-1-5-21-7-8/h3-4,8H,1-2,5-7,15H2,(H,16,18). The van der Waals surface area contributed by atoms with E-state index in [1.165, 1.54) is 0 Å². The average Bonchev–Trinajstić information content (AvgIpc) is 2.46. The van der Waals surface area contributed by atoms with E-state index in [4.69, 9.17) is 10.5 Å². The summed E-state index contributed by atoms with van der Waals surface area (Å²) >= 11 is 0. The molecule has 0 aliphatic carbocycles. The molecular formula is C13H16FN3O4. The molecule has 3 N–H and O–H groups in total. The summed E-state index contributed by atoms with van der Waals surface area (Å²) in [6.07, 6.45) is 1.82. The molecule has 1 unspecified atom stereocenters. The van der Waals surface area contributed by atoms with Crippen LogP contribution >= 0.6 is 0 Å². The molecule has 1 fully saturated rings. The van der Waals surface area contributed by atoms with E-state index in [0.717, 1.165) is 25.0 Å². The predicted octanol–water partition coefficient (Wildman–Crippen LogP) is 1.47. The summed E-state index contributed by atoms with van der Waals surface area (Å²) < 4.78 is 19.0. The third-order valence-corrected chi connectivity index (χ3v) is 3.40. The first kappa shape index (κ1) is 15.2. The van der Waals surface area contributed by atoms with Gasteiger partial charge in [-0.25, -0.2) is 4.39 Å². The molecule has 2 rings (SSSR count). The van der Waals surface area contributed by atoms with E-state index >= 15 is 0 Å². The minimum absolute atomic E-state index is 0.158. The van der Waals surface area contributed by atoms with Crippen LogP contribution in [0.25, 0.3) is 0 Å². The second-order valence-corrected chi connectivity index (χ2v) is 4.91. The summed E-state index contributed by atoms with van der Waals surface area (Å²) in [5.74, 6) is -1.47. The van der Waals surface area contributed by atoms with E-state index in [1.54, 1.807) is 0 Å². The van der Waals surface area contributed by atoms with Gasteiger partial charge in [-0.2, -0.15) is 0 Å². The molecule has 0 spiro atoms. The van der Waals surface area contributed by atoms with Crippen molar-refractivity contribution in [2.75, 3.05) is 25.5 Å². The number of anilines is 1. The Bertz CT molecular complexity index is 559. The van der Waals surface area contributed by atoms with Crippen molar-refractivity contribution in [2.45, 2.75) is 12.8 Å². The summed E-state index contributed by atoms with van der Waals surface area (Å²) in [6.45, 7) is 1.56. The number of benzene rings is 1. The summed E-state index contributed by atoms with van der Waals surface area (Å²) in [5, 5.41) is 13.3. The number of carbonyl (C=O) groups is 1. The van der Waals surface area contributed by atoms with Gasteiger partial charge in [0, 0.05) is 19.2 Å². The SMILES string of the molecule is Nc1c([N+](=O)[O-])ccc(F)c1C(=O)NCC1CCCOC1. The Morgan fingerprint density at radius 3 is 2.95 bits per heavy atom. The summed E-state index contributed by atoms with van der Waals surface area (Å²) in [5.41, 5.74) is 4.10. The normalized spacial score (nSPS) is 18.2. The first-order chi connectivity index (χ1) is 10.0. The van der Waals surface area contributed by atoms with Crippen LogP contribution in [0.4, 0.5) is 15.8 Å². The minimum atomic E-state index is -0.879. The van der Waals surface area contributed by atoms with Crippen LogP contribution in [-0.4, -0.2) is 30.6 Å². The Morgan fingerprint density at radius 2 is 2.33 bits per heavy atom. The van der Waals surface area contributed by atoms with Gasteiger partial charge in [-0.3, -0.25) is 14.9 Å². The molecule has 0 bridgehead atoms. The Morgan fingerprint density at radius 1 is 1.57 bits per heavy atom. The Labute approximate surface area is 120 Å². The zero-order valence-electron chi connectivity index (χ0n) is 11.3. The molecule has 114 valence electrons. The van der Waals surface area contributed by atoms with Crippen molar-refractivity contribution in [3.8, 4) is 0 Å². The molecule has 0 aromatic heterocycles. The number of nitro groups is 1. The van der Waals surface area contributed by atoms with Crippen molar-refractivity contribution in [2.24, 2.45) is 5.92 Å². The smallest absolute Gasteiger partial charge is 0.293 e. The number of nitrogens with one attached hydrogen (secondary N) is 1. The highest BCUT2D eigenvalue weighted by atomic mass is 19.1. The maximum absolute atomic E-state index is 13.7. The number of rotatable bonds is 4. The lowest BCUT2D eigenvalue weighted by Gasteiger charge is -2.22. The molecule has 1 aliphatic rings. The fourth-order valence-electron chi connectivity index (χ4n) is 2.27. The molecule has 0 radical (unpaired) electrons. The van der Waals surface area contributed by atoms with Crippen molar-refractivity contribution in [1.82, 2.24) is 5.32 Å². The second kappa shape index (κ2) is 6.49. The van der Waals surface area contributed by atoms with Crippen LogP contribution in [0, 0.1) is 21.8 Å². The molecule has 0 saturated carbocycles. The van der Waals surface area contributed by atoms with Gasteiger partial charge in [-0.1, -0.05) is 0 Å². The molecule has 1 atom stereocenters. The zero-order chi connectivity index (χ0) is 15.4. The highest BCUT2D eigenvalue weighted by Gasteiger charge is 2.24. The van der Waals surface area contributed by atoms with Crippen LogP contribution in [0.3, 0.4) is 0 Å². The van der Waals surface area contributed by atoms with Crippen molar-refractivity contribution in [3.05, 3.63) is 33.6 Å². The van der Waals surface area contributed by atoms with Gasteiger partial charge in [-0.05, 0) is 24.8 Å². The number of nitro benzene ring substituents is 1. The molecule has 1 amide bonds. The molecule has 1 aromatic carbocycles. The fraction of sp³-hybridized carbons (Fsp3) is 0.462. The maximum atomic E-state index is 13.7. The monoisotopic (exact) mass is 297 g/mol. The van der Waals surface area contributed by atoms with E-state index in [-0.39, 0.29) is 5.92 Å². The number of nitrogens with two attached hydrogens (primary N) is 1. The van der Waals surface area contributed by atoms with Gasteiger partial charge in [0.15, 0.2) is 0 Å². The lowest BCUT2D eigenvalue weighted by atomic mass is 10.0. The third-order valence-electron chi connectivity index (χ3n) is 3.40. The highest BCUT2D eigenvalue weighted by molar-refractivity contribution is 6.01. The largest absolute Gasteiger partial charge is 0.392 e. The molecular weight excluding hydrogens is 281 g/mol. The van der Waals surface area contributed by atoms with Gasteiger partial charge < -0.3 is 15.8 Å². The topological polar surface area (TPSA) is 107 Å². The van der Waals surface area contributed by atoms with Gasteiger partial charge in [-0.15, -0.1) is 0 Å².